The molecule has 0 bridgehead atoms. The molecule has 28 heavy (non-hydrogen) atoms. The van der Waals surface area contributed by atoms with Gasteiger partial charge in [0.1, 0.15) is 0 Å². The van der Waals surface area contributed by atoms with E-state index in [-0.39, 0.29) is 0 Å². The highest BCUT2D eigenvalue weighted by molar-refractivity contribution is 5.89. The first-order valence-electron chi connectivity index (χ1n) is 9.51. The smallest absolute Gasteiger partial charge is 0.328 e. The van der Waals surface area contributed by atoms with Crippen LogP contribution in [0, 0.1) is 11.8 Å². The van der Waals surface area contributed by atoms with Crippen LogP contribution in [0.3, 0.4) is 0 Å². The summed E-state index contributed by atoms with van der Waals surface area (Å²) < 4.78 is 0. The Bertz CT molecular complexity index is 686. The molecule has 1 saturated heterocycles. The van der Waals surface area contributed by atoms with Gasteiger partial charge in [-0.2, -0.15) is 5.10 Å². The Balaban J connectivity index is 0.000000300. The standard InChI is InChI=1S/C15H24N4O.C4H4O4/c1-2-3-19-9-11(7-16-10-20)4-12-5-14-13(6-15(12)19)8-17-18-14;5-3(6)1-2-4(7)8/h8,10-12,15H,2-7,9H2,1H3,(H,16,20)(H,17,18);1-2H,(H,5,6)(H,7,8)/b;2-1+/t11-,12+,15?;/m0./s1. The molecule has 0 spiro atoms. The van der Waals surface area contributed by atoms with Crippen LogP contribution in [-0.4, -0.2) is 69.3 Å². The maximum absolute atomic E-state index is 10.5. The van der Waals surface area contributed by atoms with Gasteiger partial charge in [0.05, 0.1) is 5.69 Å². The number of hydrogen-bond donors (Lipinski definition) is 4. The number of fused-ring (bicyclic) bond motifs is 2. The fourth-order valence-electron chi connectivity index (χ4n) is 4.16. The molecule has 2 aliphatic rings. The van der Waals surface area contributed by atoms with Crippen LogP contribution in [0.15, 0.2) is 18.3 Å². The molecule has 1 aromatic heterocycles. The van der Waals surface area contributed by atoms with Gasteiger partial charge in [0.25, 0.3) is 0 Å². The molecule has 9 heteroatoms. The van der Waals surface area contributed by atoms with Crippen molar-refractivity contribution in [2.75, 3.05) is 19.6 Å². The lowest BCUT2D eigenvalue weighted by molar-refractivity contribution is -0.134. The summed E-state index contributed by atoms with van der Waals surface area (Å²) in [6, 6.07) is 0.660. The number of likely N-dealkylation sites (tertiary alicyclic amines) is 1. The highest BCUT2D eigenvalue weighted by Gasteiger charge is 2.39. The Kier molecular flexibility index (Phi) is 8.19. The van der Waals surface area contributed by atoms with Gasteiger partial charge in [0, 0.05) is 37.5 Å². The molecule has 154 valence electrons. The van der Waals surface area contributed by atoms with Crippen LogP contribution in [-0.2, 0) is 27.2 Å². The molecule has 0 aromatic carbocycles. The summed E-state index contributed by atoms with van der Waals surface area (Å²) in [5.41, 5.74) is 2.66. The number of carboxylic acids is 2. The number of rotatable bonds is 7. The summed E-state index contributed by atoms with van der Waals surface area (Å²) in [7, 11) is 0. The quantitative estimate of drug-likeness (QED) is 0.396. The van der Waals surface area contributed by atoms with E-state index in [1.807, 2.05) is 0 Å². The fraction of sp³-hybridized carbons (Fsp3) is 0.579. The molecule has 4 N–H and O–H groups in total. The molecule has 1 amide bonds. The largest absolute Gasteiger partial charge is 0.478 e. The minimum atomic E-state index is -1.26. The first-order valence-corrected chi connectivity index (χ1v) is 9.51. The summed E-state index contributed by atoms with van der Waals surface area (Å²) in [4.78, 5) is 32.3. The van der Waals surface area contributed by atoms with Crippen molar-refractivity contribution in [1.29, 1.82) is 0 Å². The van der Waals surface area contributed by atoms with E-state index >= 15 is 0 Å². The molecular formula is C19H28N4O5. The van der Waals surface area contributed by atoms with E-state index in [0.29, 0.717) is 30.0 Å². The Hall–Kier alpha value is -2.68. The number of piperidine rings is 1. The van der Waals surface area contributed by atoms with Crippen molar-refractivity contribution in [2.45, 2.75) is 38.6 Å². The minimum Gasteiger partial charge on any atom is -0.478 e. The Morgan fingerprint density at radius 3 is 2.64 bits per heavy atom. The van der Waals surface area contributed by atoms with E-state index < -0.39 is 11.9 Å². The number of aromatic nitrogens is 2. The van der Waals surface area contributed by atoms with Crippen LogP contribution in [0.25, 0.3) is 0 Å². The van der Waals surface area contributed by atoms with Crippen molar-refractivity contribution in [2.24, 2.45) is 11.8 Å². The zero-order valence-electron chi connectivity index (χ0n) is 16.0. The summed E-state index contributed by atoms with van der Waals surface area (Å²) in [6.45, 7) is 5.32. The number of amides is 1. The number of carbonyl (C=O) groups excluding carboxylic acids is 1. The molecule has 3 rings (SSSR count). The van der Waals surface area contributed by atoms with E-state index in [1.54, 1.807) is 0 Å². The average Bonchev–Trinajstić information content (AvgIpc) is 3.11. The van der Waals surface area contributed by atoms with Crippen LogP contribution in [0.1, 0.15) is 31.0 Å². The Labute approximate surface area is 163 Å². The molecule has 1 aliphatic carbocycles. The van der Waals surface area contributed by atoms with Gasteiger partial charge >= 0.3 is 11.9 Å². The average molecular weight is 392 g/mol. The first-order chi connectivity index (χ1) is 13.4. The normalized spacial score (nSPS) is 23.8. The number of carboxylic acid groups (broad SMARTS) is 2. The SMILES string of the molecule is CCCN1C[C@H](CNC=O)C[C@@H]2Cc3n[nH]cc3CC21.O=C(O)/C=C/C(=O)O. The Morgan fingerprint density at radius 1 is 1.32 bits per heavy atom. The zero-order chi connectivity index (χ0) is 20.5. The zero-order valence-corrected chi connectivity index (χ0v) is 16.0. The van der Waals surface area contributed by atoms with Gasteiger partial charge in [-0.15, -0.1) is 0 Å². The van der Waals surface area contributed by atoms with Crippen LogP contribution in [0.5, 0.6) is 0 Å². The second-order valence-electron chi connectivity index (χ2n) is 7.23. The van der Waals surface area contributed by atoms with E-state index in [0.717, 1.165) is 38.9 Å². The van der Waals surface area contributed by atoms with Gasteiger partial charge in [-0.1, -0.05) is 6.92 Å². The third-order valence-electron chi connectivity index (χ3n) is 5.20. The van der Waals surface area contributed by atoms with Crippen LogP contribution < -0.4 is 5.32 Å². The highest BCUT2D eigenvalue weighted by atomic mass is 16.4. The maximum atomic E-state index is 10.5. The molecule has 1 unspecified atom stereocenters. The number of aromatic amines is 1. The topological polar surface area (TPSA) is 136 Å². The molecule has 1 aliphatic heterocycles. The van der Waals surface area contributed by atoms with Gasteiger partial charge in [-0.25, -0.2) is 9.59 Å². The van der Waals surface area contributed by atoms with Crippen molar-refractivity contribution in [3.05, 3.63) is 29.6 Å². The molecule has 0 saturated carbocycles. The first kappa shape index (κ1) is 21.6. The van der Waals surface area contributed by atoms with E-state index in [1.165, 1.54) is 24.1 Å². The highest BCUT2D eigenvalue weighted by Crippen LogP contribution is 2.36. The number of H-pyrrole nitrogens is 1. The Morgan fingerprint density at radius 2 is 2.04 bits per heavy atom. The molecule has 9 nitrogen and oxygen atoms in total. The van der Waals surface area contributed by atoms with Gasteiger partial charge in [-0.05, 0) is 49.6 Å². The fourth-order valence-corrected chi connectivity index (χ4v) is 4.16. The van der Waals surface area contributed by atoms with Crippen molar-refractivity contribution < 1.29 is 24.6 Å². The van der Waals surface area contributed by atoms with Crippen molar-refractivity contribution in [3.8, 4) is 0 Å². The van der Waals surface area contributed by atoms with Gasteiger partial charge in [0.15, 0.2) is 0 Å². The monoisotopic (exact) mass is 392 g/mol. The van der Waals surface area contributed by atoms with Crippen LogP contribution in [0.4, 0.5) is 0 Å². The second-order valence-corrected chi connectivity index (χ2v) is 7.23. The molecule has 1 fully saturated rings. The number of carbonyl (C=O) groups is 3. The van der Waals surface area contributed by atoms with Crippen molar-refractivity contribution in [3.63, 3.8) is 0 Å². The minimum absolute atomic E-state index is 0.558. The predicted octanol–water partition coefficient (Wildman–Crippen LogP) is 0.683. The predicted molar refractivity (Wildman–Crippen MR) is 102 cm³/mol. The van der Waals surface area contributed by atoms with Gasteiger partial charge in [-0.3, -0.25) is 14.8 Å². The molecule has 3 atom stereocenters. The number of nitrogens with zero attached hydrogens (tertiary/aromatic N) is 2. The molecule has 0 radical (unpaired) electrons. The lowest BCUT2D eigenvalue weighted by Crippen LogP contribution is -2.53. The van der Waals surface area contributed by atoms with Crippen LogP contribution in [0.2, 0.25) is 0 Å². The van der Waals surface area contributed by atoms with Gasteiger partial charge in [0.2, 0.25) is 6.41 Å². The lowest BCUT2D eigenvalue weighted by atomic mass is 9.74. The number of hydrogen-bond acceptors (Lipinski definition) is 5. The van der Waals surface area contributed by atoms with E-state index in [9.17, 15) is 14.4 Å². The van der Waals surface area contributed by atoms with Crippen molar-refractivity contribution in [1.82, 2.24) is 20.4 Å². The molecule has 2 heterocycles. The van der Waals surface area contributed by atoms with Crippen LogP contribution >= 0.6 is 0 Å². The third-order valence-corrected chi connectivity index (χ3v) is 5.20. The van der Waals surface area contributed by atoms with Crippen molar-refractivity contribution >= 4 is 18.3 Å². The molecule has 1 aromatic rings. The number of nitrogens with one attached hydrogen (secondary N) is 2. The third kappa shape index (κ3) is 6.19. The maximum Gasteiger partial charge on any atom is 0.328 e. The second kappa shape index (κ2) is 10.6. The molecular weight excluding hydrogens is 364 g/mol. The van der Waals surface area contributed by atoms with E-state index in [4.69, 9.17) is 10.2 Å². The summed E-state index contributed by atoms with van der Waals surface area (Å²) >= 11 is 0. The van der Waals surface area contributed by atoms with E-state index in [2.05, 4.69) is 33.5 Å². The van der Waals surface area contributed by atoms with Gasteiger partial charge < -0.3 is 15.5 Å². The summed E-state index contributed by atoms with van der Waals surface area (Å²) in [5.74, 6) is -1.25. The lowest BCUT2D eigenvalue weighted by Gasteiger charge is -2.46. The summed E-state index contributed by atoms with van der Waals surface area (Å²) in [6.07, 6.45) is 8.61. The summed E-state index contributed by atoms with van der Waals surface area (Å²) in [5, 5.41) is 25.9. The number of aliphatic carboxylic acids is 2.